The van der Waals surface area contributed by atoms with Crippen molar-refractivity contribution in [1.82, 2.24) is 5.32 Å². The molecule has 0 aromatic rings. The Labute approximate surface area is 353 Å². The zero-order chi connectivity index (χ0) is 42.8. The average molecular weight is 844 g/mol. The molecule has 1 amide bonds. The molecule has 3 unspecified atom stereocenters. The largest absolute Gasteiger partial charge is 0.480 e. The Morgan fingerprint density at radius 1 is 0.552 bits per heavy atom. The Kier molecular flexibility index (Phi) is 40.2. The maximum atomic E-state index is 12.3. The first kappa shape index (κ1) is 56.0. The SMILES string of the molecule is CCCCC/C=C\C/C=C\CCCCCCCCCC(=O)NC(COP(=O)(O)OCC(O)COC(=O)CCCCCCCCCCCCCCCCCCC)C(=O)O. The molecule has 12 heteroatoms. The number of aliphatic carboxylic acids is 1. The molecule has 0 aromatic heterocycles. The van der Waals surface area contributed by atoms with Gasteiger partial charge < -0.3 is 25.2 Å². The van der Waals surface area contributed by atoms with Crippen LogP contribution in [-0.4, -0.2) is 64.9 Å². The van der Waals surface area contributed by atoms with Crippen molar-refractivity contribution in [3.63, 3.8) is 0 Å². The Morgan fingerprint density at radius 2 is 0.948 bits per heavy atom. The summed E-state index contributed by atoms with van der Waals surface area (Å²) < 4.78 is 26.9. The summed E-state index contributed by atoms with van der Waals surface area (Å²) in [5, 5.41) is 21.9. The van der Waals surface area contributed by atoms with Crippen molar-refractivity contribution in [3.05, 3.63) is 24.3 Å². The number of aliphatic hydroxyl groups is 1. The Balaban J connectivity index is 3.86. The number of aliphatic hydroxyl groups excluding tert-OH is 1. The number of carbonyl (C=O) groups excluding carboxylic acids is 2. The summed E-state index contributed by atoms with van der Waals surface area (Å²) >= 11 is 0. The molecule has 0 radical (unpaired) electrons. The molecule has 0 spiro atoms. The summed E-state index contributed by atoms with van der Waals surface area (Å²) in [7, 11) is -4.76. The van der Waals surface area contributed by atoms with Gasteiger partial charge in [-0.25, -0.2) is 9.36 Å². The highest BCUT2D eigenvalue weighted by Crippen LogP contribution is 2.43. The lowest BCUT2D eigenvalue weighted by Crippen LogP contribution is -2.43. The predicted octanol–water partition coefficient (Wildman–Crippen LogP) is 12.2. The van der Waals surface area contributed by atoms with E-state index in [1.807, 2.05) is 0 Å². The number of phosphoric acid groups is 1. The zero-order valence-corrected chi connectivity index (χ0v) is 37.8. The van der Waals surface area contributed by atoms with E-state index in [0.717, 1.165) is 57.8 Å². The minimum absolute atomic E-state index is 0.138. The second kappa shape index (κ2) is 41.7. The fourth-order valence-electron chi connectivity index (χ4n) is 6.58. The van der Waals surface area contributed by atoms with Crippen LogP contribution in [0.15, 0.2) is 24.3 Å². The van der Waals surface area contributed by atoms with Gasteiger partial charge >= 0.3 is 19.8 Å². The number of hydrogen-bond acceptors (Lipinski definition) is 8. The van der Waals surface area contributed by atoms with E-state index >= 15 is 0 Å². The summed E-state index contributed by atoms with van der Waals surface area (Å²) in [5.74, 6) is -2.37. The van der Waals surface area contributed by atoms with Crippen LogP contribution in [0.3, 0.4) is 0 Å². The number of ether oxygens (including phenoxy) is 1. The van der Waals surface area contributed by atoms with Crippen LogP contribution in [0.1, 0.15) is 219 Å². The highest BCUT2D eigenvalue weighted by molar-refractivity contribution is 7.47. The lowest BCUT2D eigenvalue weighted by atomic mass is 10.0. The summed E-state index contributed by atoms with van der Waals surface area (Å²) in [5.41, 5.74) is 0. The van der Waals surface area contributed by atoms with Gasteiger partial charge in [-0.05, 0) is 44.9 Å². The fraction of sp³-hybridized carbons (Fsp3) is 0.848. The predicted molar refractivity (Wildman–Crippen MR) is 236 cm³/mol. The van der Waals surface area contributed by atoms with E-state index in [4.69, 9.17) is 13.8 Å². The number of hydrogen-bond donors (Lipinski definition) is 4. The molecule has 0 aliphatic rings. The van der Waals surface area contributed by atoms with Crippen LogP contribution in [0.25, 0.3) is 0 Å². The molecular formula is C46H86NO10P. The van der Waals surface area contributed by atoms with Crippen LogP contribution in [0.2, 0.25) is 0 Å². The third kappa shape index (κ3) is 40.7. The van der Waals surface area contributed by atoms with E-state index in [1.165, 1.54) is 122 Å². The molecule has 0 rings (SSSR count). The van der Waals surface area contributed by atoms with Crippen molar-refractivity contribution >= 4 is 25.7 Å². The van der Waals surface area contributed by atoms with Crippen LogP contribution in [-0.2, 0) is 32.7 Å². The first-order valence-electron chi connectivity index (χ1n) is 23.4. The van der Waals surface area contributed by atoms with Gasteiger partial charge in [0.15, 0.2) is 6.04 Å². The van der Waals surface area contributed by atoms with Crippen molar-refractivity contribution in [2.24, 2.45) is 0 Å². The van der Waals surface area contributed by atoms with Gasteiger partial charge in [-0.2, -0.15) is 0 Å². The molecule has 0 heterocycles. The molecule has 0 aliphatic heterocycles. The number of unbranched alkanes of at least 4 members (excludes halogenated alkanes) is 26. The molecule has 0 saturated carbocycles. The first-order chi connectivity index (χ1) is 28.1. The maximum absolute atomic E-state index is 12.3. The lowest BCUT2D eigenvalue weighted by molar-refractivity contribution is -0.147. The number of carboxylic acid groups (broad SMARTS) is 1. The molecule has 0 aliphatic carbocycles. The highest BCUT2D eigenvalue weighted by atomic mass is 31.2. The maximum Gasteiger partial charge on any atom is 0.472 e. The lowest BCUT2D eigenvalue weighted by Gasteiger charge is -2.18. The van der Waals surface area contributed by atoms with E-state index in [9.17, 15) is 34.1 Å². The van der Waals surface area contributed by atoms with Crippen LogP contribution in [0, 0.1) is 0 Å². The second-order valence-electron chi connectivity index (χ2n) is 15.9. The first-order valence-corrected chi connectivity index (χ1v) is 24.9. The normalized spacial score (nSPS) is 13.9. The van der Waals surface area contributed by atoms with Crippen LogP contribution in [0.4, 0.5) is 0 Å². The number of rotatable bonds is 44. The summed E-state index contributed by atoms with van der Waals surface area (Å²) in [6.45, 7) is 2.59. The van der Waals surface area contributed by atoms with E-state index in [0.29, 0.717) is 12.8 Å². The zero-order valence-electron chi connectivity index (χ0n) is 36.9. The Morgan fingerprint density at radius 3 is 1.43 bits per heavy atom. The van der Waals surface area contributed by atoms with Crippen molar-refractivity contribution in [2.45, 2.75) is 231 Å². The third-order valence-corrected chi connectivity index (χ3v) is 11.2. The molecular weight excluding hydrogens is 757 g/mol. The molecule has 0 aromatic carbocycles. The number of carbonyl (C=O) groups is 3. The third-order valence-electron chi connectivity index (χ3n) is 10.2. The molecule has 3 atom stereocenters. The van der Waals surface area contributed by atoms with E-state index in [-0.39, 0.29) is 12.8 Å². The van der Waals surface area contributed by atoms with E-state index in [1.54, 1.807) is 0 Å². The van der Waals surface area contributed by atoms with Gasteiger partial charge in [-0.15, -0.1) is 0 Å². The quantitative estimate of drug-likeness (QED) is 0.0200. The summed E-state index contributed by atoms with van der Waals surface area (Å²) in [4.78, 5) is 46.0. The van der Waals surface area contributed by atoms with E-state index in [2.05, 4.69) is 43.5 Å². The van der Waals surface area contributed by atoms with Gasteiger partial charge in [0, 0.05) is 12.8 Å². The van der Waals surface area contributed by atoms with E-state index < -0.39 is 57.6 Å². The highest BCUT2D eigenvalue weighted by Gasteiger charge is 2.28. The van der Waals surface area contributed by atoms with Gasteiger partial charge in [0.25, 0.3) is 0 Å². The molecule has 0 bridgehead atoms. The number of allylic oxidation sites excluding steroid dienone is 4. The number of nitrogens with one attached hydrogen (secondary N) is 1. The van der Waals surface area contributed by atoms with Crippen LogP contribution < -0.4 is 5.32 Å². The molecule has 58 heavy (non-hydrogen) atoms. The van der Waals surface area contributed by atoms with Gasteiger partial charge in [0.1, 0.15) is 12.7 Å². The van der Waals surface area contributed by atoms with Crippen molar-refractivity contribution < 1.29 is 47.8 Å². The summed E-state index contributed by atoms with van der Waals surface area (Å²) in [6.07, 6.45) is 43.4. The Bertz CT molecular complexity index is 1080. The van der Waals surface area contributed by atoms with Crippen molar-refractivity contribution in [1.29, 1.82) is 0 Å². The van der Waals surface area contributed by atoms with Crippen LogP contribution in [0.5, 0.6) is 0 Å². The minimum atomic E-state index is -4.76. The second-order valence-corrected chi connectivity index (χ2v) is 17.4. The molecule has 4 N–H and O–H groups in total. The molecule has 0 saturated heterocycles. The minimum Gasteiger partial charge on any atom is -0.480 e. The van der Waals surface area contributed by atoms with Crippen molar-refractivity contribution in [2.75, 3.05) is 19.8 Å². The molecule has 340 valence electrons. The summed E-state index contributed by atoms with van der Waals surface area (Å²) in [6, 6.07) is -1.55. The van der Waals surface area contributed by atoms with Gasteiger partial charge in [0.2, 0.25) is 5.91 Å². The monoisotopic (exact) mass is 844 g/mol. The smallest absolute Gasteiger partial charge is 0.472 e. The number of carboxylic acids is 1. The Hall–Kier alpha value is -2.04. The number of esters is 1. The molecule has 0 fully saturated rings. The number of amides is 1. The number of phosphoric ester groups is 1. The average Bonchev–Trinajstić information content (AvgIpc) is 3.20. The van der Waals surface area contributed by atoms with Crippen LogP contribution >= 0.6 is 7.82 Å². The molecule has 11 nitrogen and oxygen atoms in total. The van der Waals surface area contributed by atoms with Crippen molar-refractivity contribution in [3.8, 4) is 0 Å². The topological polar surface area (TPSA) is 169 Å². The van der Waals surface area contributed by atoms with Gasteiger partial charge in [0.05, 0.1) is 13.2 Å². The standard InChI is InChI=1S/C46H86NO10P/c1-3-5-7-9-11-13-15-17-19-21-23-25-27-29-31-33-35-37-44(49)47-43(46(51)52)41-57-58(53,54)56-40-42(48)39-55-45(50)38-36-34-32-30-28-26-24-22-20-18-16-14-12-10-8-6-4-2/h11,13,17,19,42-43,48H,3-10,12,14-16,18,20-41H2,1-2H3,(H,47,49)(H,51,52)(H,53,54)/b13-11-,19-17-. The van der Waals surface area contributed by atoms with Gasteiger partial charge in [-0.3, -0.25) is 18.6 Å². The van der Waals surface area contributed by atoms with Gasteiger partial charge in [-0.1, -0.05) is 186 Å². The fourth-order valence-corrected chi connectivity index (χ4v) is 7.35.